The van der Waals surface area contributed by atoms with Gasteiger partial charge in [0.2, 0.25) is 0 Å². The molecule has 0 saturated carbocycles. The summed E-state index contributed by atoms with van der Waals surface area (Å²) in [6.45, 7) is 1.21. The monoisotopic (exact) mass is 426 g/mol. The minimum atomic E-state index is -0.648. The van der Waals surface area contributed by atoms with E-state index in [4.69, 9.17) is 20.9 Å². The molecule has 4 rings (SSSR count). The van der Waals surface area contributed by atoms with Gasteiger partial charge in [0.25, 0.3) is 0 Å². The number of aliphatic hydroxyl groups excluding tert-OH is 1. The lowest BCUT2D eigenvalue weighted by Gasteiger charge is -2.13. The van der Waals surface area contributed by atoms with Crippen LogP contribution in [-0.4, -0.2) is 29.5 Å². The molecule has 1 heterocycles. The topological polar surface area (TPSA) is 67.5 Å². The molecule has 1 aromatic heterocycles. The van der Waals surface area contributed by atoms with Gasteiger partial charge in [0.15, 0.2) is 5.76 Å². The molecular formula is C23H20ClFN2O3. The Morgan fingerprint density at radius 3 is 2.60 bits per heavy atom. The Bertz CT molecular complexity index is 1110. The summed E-state index contributed by atoms with van der Waals surface area (Å²) in [5.41, 5.74) is 2.37. The van der Waals surface area contributed by atoms with Gasteiger partial charge >= 0.3 is 0 Å². The van der Waals surface area contributed by atoms with Gasteiger partial charge in [-0.3, -0.25) is 0 Å². The highest BCUT2D eigenvalue weighted by molar-refractivity contribution is 6.30. The van der Waals surface area contributed by atoms with Crippen molar-refractivity contribution >= 4 is 22.5 Å². The van der Waals surface area contributed by atoms with Crippen LogP contribution in [0.15, 0.2) is 71.3 Å². The van der Waals surface area contributed by atoms with Crippen LogP contribution in [0.3, 0.4) is 0 Å². The van der Waals surface area contributed by atoms with Crippen molar-refractivity contribution in [2.45, 2.75) is 12.6 Å². The molecule has 3 aromatic carbocycles. The molecule has 0 fully saturated rings. The Hall–Kier alpha value is -2.93. The molecule has 1 atom stereocenters. The molecule has 0 bridgehead atoms. The van der Waals surface area contributed by atoms with Gasteiger partial charge in [0.05, 0.1) is 0 Å². The minimum absolute atomic E-state index is 0.164. The van der Waals surface area contributed by atoms with Gasteiger partial charge in [-0.15, -0.1) is 0 Å². The molecule has 4 aromatic rings. The Morgan fingerprint density at radius 2 is 1.83 bits per heavy atom. The number of hydrogen-bond donors (Lipinski definition) is 2. The lowest BCUT2D eigenvalue weighted by molar-refractivity contribution is 0.106. The maximum Gasteiger partial charge on any atom is 0.174 e. The molecule has 0 unspecified atom stereocenters. The molecule has 0 spiro atoms. The van der Waals surface area contributed by atoms with Crippen LogP contribution in [0.25, 0.3) is 22.2 Å². The first-order valence-corrected chi connectivity index (χ1v) is 9.88. The number of aromatic nitrogens is 1. The summed E-state index contributed by atoms with van der Waals surface area (Å²) in [6, 6.07) is 19.2. The standard InChI is InChI=1S/C23H20ClFN2O3/c24-17-5-1-15(2-6-17)12-26-13-19(28)14-29-20-8-3-16(4-9-20)23-21-10-7-18(25)11-22(21)27-30-23/h1-11,19,26,28H,12-14H2/t19-/m1/s1. The van der Waals surface area contributed by atoms with Crippen molar-refractivity contribution in [2.75, 3.05) is 13.2 Å². The third-order valence-electron chi connectivity index (χ3n) is 4.62. The summed E-state index contributed by atoms with van der Waals surface area (Å²) in [4.78, 5) is 0. The fraction of sp³-hybridized carbons (Fsp3) is 0.174. The Kier molecular flexibility index (Phi) is 6.28. The maximum atomic E-state index is 13.3. The van der Waals surface area contributed by atoms with E-state index in [1.807, 2.05) is 36.4 Å². The van der Waals surface area contributed by atoms with E-state index in [9.17, 15) is 9.50 Å². The van der Waals surface area contributed by atoms with Crippen LogP contribution in [-0.2, 0) is 6.54 Å². The molecule has 0 aliphatic rings. The minimum Gasteiger partial charge on any atom is -0.491 e. The van der Waals surface area contributed by atoms with E-state index in [1.54, 1.807) is 18.2 Å². The molecule has 30 heavy (non-hydrogen) atoms. The van der Waals surface area contributed by atoms with Gasteiger partial charge < -0.3 is 19.7 Å². The third-order valence-corrected chi connectivity index (χ3v) is 4.87. The molecule has 0 amide bonds. The molecule has 0 radical (unpaired) electrons. The summed E-state index contributed by atoms with van der Waals surface area (Å²) in [5.74, 6) is 0.848. The zero-order chi connectivity index (χ0) is 20.9. The fourth-order valence-electron chi connectivity index (χ4n) is 3.06. The Morgan fingerprint density at radius 1 is 1.07 bits per heavy atom. The van der Waals surface area contributed by atoms with Crippen LogP contribution in [0.1, 0.15) is 5.56 Å². The lowest BCUT2D eigenvalue weighted by Crippen LogP contribution is -2.31. The number of aliphatic hydroxyl groups is 1. The van der Waals surface area contributed by atoms with E-state index in [0.717, 1.165) is 16.5 Å². The van der Waals surface area contributed by atoms with Crippen molar-refractivity contribution in [3.8, 4) is 17.1 Å². The van der Waals surface area contributed by atoms with E-state index < -0.39 is 6.10 Å². The van der Waals surface area contributed by atoms with Gasteiger partial charge in [0.1, 0.15) is 29.8 Å². The van der Waals surface area contributed by atoms with Crippen molar-refractivity contribution in [2.24, 2.45) is 0 Å². The van der Waals surface area contributed by atoms with Gasteiger partial charge in [-0.1, -0.05) is 28.9 Å². The normalized spacial score (nSPS) is 12.2. The van der Waals surface area contributed by atoms with Crippen LogP contribution in [0.4, 0.5) is 4.39 Å². The van der Waals surface area contributed by atoms with Crippen molar-refractivity contribution in [3.63, 3.8) is 0 Å². The Labute approximate surface area is 178 Å². The smallest absolute Gasteiger partial charge is 0.174 e. The molecule has 7 heteroatoms. The van der Waals surface area contributed by atoms with Crippen LogP contribution in [0, 0.1) is 5.82 Å². The van der Waals surface area contributed by atoms with Gasteiger partial charge in [0, 0.05) is 35.1 Å². The molecule has 0 aliphatic carbocycles. The van der Waals surface area contributed by atoms with Crippen molar-refractivity contribution < 1.29 is 18.8 Å². The molecule has 154 valence electrons. The van der Waals surface area contributed by atoms with E-state index in [1.165, 1.54) is 12.1 Å². The number of rotatable bonds is 8. The number of hydrogen-bond acceptors (Lipinski definition) is 5. The highest BCUT2D eigenvalue weighted by Gasteiger charge is 2.12. The average molecular weight is 427 g/mol. The number of halogens is 2. The largest absolute Gasteiger partial charge is 0.491 e. The summed E-state index contributed by atoms with van der Waals surface area (Å²) in [7, 11) is 0. The molecule has 0 saturated heterocycles. The summed E-state index contributed by atoms with van der Waals surface area (Å²) in [6.07, 6.45) is -0.648. The first-order chi connectivity index (χ1) is 14.6. The molecule has 5 nitrogen and oxygen atoms in total. The number of fused-ring (bicyclic) bond motifs is 1. The number of nitrogens with zero attached hydrogens (tertiary/aromatic N) is 1. The zero-order valence-electron chi connectivity index (χ0n) is 16.0. The van der Waals surface area contributed by atoms with Gasteiger partial charge in [-0.05, 0) is 54.1 Å². The van der Waals surface area contributed by atoms with Crippen LogP contribution in [0.2, 0.25) is 5.02 Å². The highest BCUT2D eigenvalue weighted by Crippen LogP contribution is 2.30. The van der Waals surface area contributed by atoms with Crippen LogP contribution in [0.5, 0.6) is 5.75 Å². The Balaban J connectivity index is 1.28. The van der Waals surface area contributed by atoms with Gasteiger partial charge in [-0.2, -0.15) is 0 Å². The predicted octanol–water partition coefficient (Wildman–Crippen LogP) is 4.82. The van der Waals surface area contributed by atoms with Crippen molar-refractivity contribution in [3.05, 3.63) is 83.1 Å². The summed E-state index contributed by atoms with van der Waals surface area (Å²) < 4.78 is 24.3. The number of nitrogens with one attached hydrogen (secondary N) is 1. The molecular weight excluding hydrogens is 407 g/mol. The quantitative estimate of drug-likeness (QED) is 0.423. The second-order valence-electron chi connectivity index (χ2n) is 6.92. The van der Waals surface area contributed by atoms with Crippen LogP contribution >= 0.6 is 11.6 Å². The van der Waals surface area contributed by atoms with Crippen molar-refractivity contribution in [1.29, 1.82) is 0 Å². The van der Waals surface area contributed by atoms with E-state index in [-0.39, 0.29) is 12.4 Å². The first kappa shape index (κ1) is 20.3. The van der Waals surface area contributed by atoms with E-state index in [0.29, 0.717) is 35.1 Å². The van der Waals surface area contributed by atoms with E-state index >= 15 is 0 Å². The van der Waals surface area contributed by atoms with Crippen molar-refractivity contribution in [1.82, 2.24) is 10.5 Å². The second kappa shape index (κ2) is 9.26. The first-order valence-electron chi connectivity index (χ1n) is 9.50. The third kappa shape index (κ3) is 4.97. The summed E-state index contributed by atoms with van der Waals surface area (Å²) in [5, 5.41) is 18.6. The summed E-state index contributed by atoms with van der Waals surface area (Å²) >= 11 is 5.87. The zero-order valence-corrected chi connectivity index (χ0v) is 16.8. The number of ether oxygens (including phenoxy) is 1. The molecule has 0 aliphatic heterocycles. The maximum absolute atomic E-state index is 13.3. The fourth-order valence-corrected chi connectivity index (χ4v) is 3.19. The highest BCUT2D eigenvalue weighted by atomic mass is 35.5. The average Bonchev–Trinajstić information content (AvgIpc) is 3.17. The lowest BCUT2D eigenvalue weighted by atomic mass is 10.1. The van der Waals surface area contributed by atoms with Crippen LogP contribution < -0.4 is 10.1 Å². The SMILES string of the molecule is O[C@H](CNCc1ccc(Cl)cc1)COc1ccc(-c2onc3cc(F)ccc23)cc1. The number of benzene rings is 3. The second-order valence-corrected chi connectivity index (χ2v) is 7.36. The molecule has 2 N–H and O–H groups in total. The van der Waals surface area contributed by atoms with E-state index in [2.05, 4.69) is 10.5 Å². The predicted molar refractivity (Wildman–Crippen MR) is 114 cm³/mol. The van der Waals surface area contributed by atoms with Gasteiger partial charge in [-0.25, -0.2) is 4.39 Å².